The van der Waals surface area contributed by atoms with Crippen LogP contribution in [0.15, 0.2) is 33.9 Å². The Bertz CT molecular complexity index is 1330. The van der Waals surface area contributed by atoms with Gasteiger partial charge in [0, 0.05) is 18.8 Å². The Morgan fingerprint density at radius 1 is 1.28 bits per heavy atom. The summed E-state index contributed by atoms with van der Waals surface area (Å²) < 4.78 is 15.3. The van der Waals surface area contributed by atoms with Crippen LogP contribution in [0.25, 0.3) is 11.0 Å². The number of fused-ring (bicyclic) bond motifs is 2. The molecular weight excluding hydrogens is 411 g/mol. The van der Waals surface area contributed by atoms with Crippen LogP contribution in [0, 0.1) is 5.82 Å². The zero-order valence-corrected chi connectivity index (χ0v) is 18.7. The minimum Gasteiger partial charge on any atom is -0.332 e. The molecule has 168 valence electrons. The van der Waals surface area contributed by atoms with E-state index in [0.717, 1.165) is 11.1 Å². The Morgan fingerprint density at radius 2 is 2.03 bits per heavy atom. The number of rotatable bonds is 4. The average molecular weight is 439 g/mol. The first-order valence-corrected chi connectivity index (χ1v) is 11.0. The molecule has 4 rings (SSSR count). The van der Waals surface area contributed by atoms with E-state index in [4.69, 9.17) is 0 Å². The third kappa shape index (κ3) is 3.63. The maximum absolute atomic E-state index is 13.9. The van der Waals surface area contributed by atoms with Gasteiger partial charge in [-0.25, -0.2) is 14.2 Å². The molecule has 0 bridgehead atoms. The largest absolute Gasteiger partial charge is 0.332 e. The van der Waals surface area contributed by atoms with Crippen LogP contribution in [0.3, 0.4) is 0 Å². The number of nitrogens with one attached hydrogen (secondary N) is 1. The fourth-order valence-corrected chi connectivity index (χ4v) is 4.41. The van der Waals surface area contributed by atoms with E-state index in [2.05, 4.69) is 9.97 Å². The first-order valence-electron chi connectivity index (χ1n) is 11.0. The van der Waals surface area contributed by atoms with Crippen molar-refractivity contribution in [3.8, 4) is 0 Å². The lowest BCUT2D eigenvalue weighted by Crippen LogP contribution is -2.40. The normalized spacial score (nSPS) is 15.9. The van der Waals surface area contributed by atoms with Gasteiger partial charge in [-0.2, -0.15) is 0 Å². The minimum atomic E-state index is -0.625. The molecule has 7 nitrogen and oxygen atoms in total. The zero-order chi connectivity index (χ0) is 23.2. The zero-order valence-electron chi connectivity index (χ0n) is 18.7. The minimum absolute atomic E-state index is 0.0102. The van der Waals surface area contributed by atoms with Gasteiger partial charge in [0.05, 0.1) is 17.0 Å². The number of aryl methyl sites for hydroxylation is 1. The molecule has 0 fully saturated rings. The van der Waals surface area contributed by atoms with E-state index in [1.807, 2.05) is 27.7 Å². The molecule has 0 aliphatic carbocycles. The summed E-state index contributed by atoms with van der Waals surface area (Å²) in [6.45, 7) is 8.50. The fraction of sp³-hybridized carbons (Fsp3) is 0.417. The van der Waals surface area contributed by atoms with Crippen LogP contribution < -0.4 is 11.2 Å². The topological polar surface area (TPSA) is 88.1 Å². The second-order valence-electron chi connectivity index (χ2n) is 8.63. The van der Waals surface area contributed by atoms with Crippen molar-refractivity contribution in [1.29, 1.82) is 0 Å². The summed E-state index contributed by atoms with van der Waals surface area (Å²) in [5.74, 6) is -0.681. The molecule has 1 aliphatic heterocycles. The number of aromatic nitrogens is 3. The van der Waals surface area contributed by atoms with E-state index in [9.17, 15) is 18.8 Å². The molecule has 2 aromatic heterocycles. The number of pyridine rings is 1. The standard InChI is InChI=1S/C24H27FN4O3/c1-5-9-29-21-20(22(30)27-24(29)32)18(12-19(26-21)13(2)3)23(31)28-10-8-15-6-7-16(25)11-17(15)14(28)4/h6-7,11-14H,5,8-10H2,1-4H3,(H,27,30,32). The van der Waals surface area contributed by atoms with Crippen LogP contribution in [0.2, 0.25) is 0 Å². The SMILES string of the molecule is CCCn1c(=O)[nH]c(=O)c2c(C(=O)N3CCc4ccc(F)cc4C3C)cc(C(C)C)nc21. The van der Waals surface area contributed by atoms with Gasteiger partial charge in [-0.15, -0.1) is 0 Å². The van der Waals surface area contributed by atoms with Crippen LogP contribution in [-0.2, 0) is 13.0 Å². The van der Waals surface area contributed by atoms with Gasteiger partial charge in [0.25, 0.3) is 11.5 Å². The van der Waals surface area contributed by atoms with Crippen molar-refractivity contribution in [2.45, 2.75) is 59.0 Å². The Morgan fingerprint density at radius 3 is 2.72 bits per heavy atom. The van der Waals surface area contributed by atoms with Gasteiger partial charge in [-0.05, 0) is 55.0 Å². The van der Waals surface area contributed by atoms with Crippen LogP contribution in [0.4, 0.5) is 4.39 Å². The lowest BCUT2D eigenvalue weighted by molar-refractivity contribution is 0.0679. The maximum atomic E-state index is 13.9. The van der Waals surface area contributed by atoms with E-state index >= 15 is 0 Å². The summed E-state index contributed by atoms with van der Waals surface area (Å²) in [5, 5.41) is 0.115. The van der Waals surface area contributed by atoms with E-state index in [-0.39, 0.29) is 40.3 Å². The summed E-state index contributed by atoms with van der Waals surface area (Å²) in [7, 11) is 0. The molecule has 1 N–H and O–H groups in total. The second kappa shape index (κ2) is 8.33. The molecule has 3 heterocycles. The van der Waals surface area contributed by atoms with Gasteiger partial charge in [0.2, 0.25) is 0 Å². The van der Waals surface area contributed by atoms with Crippen LogP contribution in [-0.4, -0.2) is 31.9 Å². The van der Waals surface area contributed by atoms with E-state index in [1.54, 1.807) is 17.0 Å². The number of nitrogens with zero attached hydrogens (tertiary/aromatic N) is 3. The predicted molar refractivity (Wildman–Crippen MR) is 121 cm³/mol. The molecule has 1 aliphatic rings. The lowest BCUT2D eigenvalue weighted by atomic mass is 9.92. The highest BCUT2D eigenvalue weighted by molar-refractivity contribution is 6.05. The third-order valence-corrected chi connectivity index (χ3v) is 6.15. The van der Waals surface area contributed by atoms with Crippen molar-refractivity contribution in [2.75, 3.05) is 6.54 Å². The lowest BCUT2D eigenvalue weighted by Gasteiger charge is -2.35. The summed E-state index contributed by atoms with van der Waals surface area (Å²) >= 11 is 0. The van der Waals surface area contributed by atoms with Crippen molar-refractivity contribution in [1.82, 2.24) is 19.4 Å². The molecule has 8 heteroatoms. The number of hydrogen-bond donors (Lipinski definition) is 1. The Balaban J connectivity index is 1.92. The number of halogens is 1. The molecule has 0 saturated carbocycles. The Kier molecular flexibility index (Phi) is 5.71. The highest BCUT2D eigenvalue weighted by atomic mass is 19.1. The summed E-state index contributed by atoms with van der Waals surface area (Å²) in [5.41, 5.74) is 1.70. The monoisotopic (exact) mass is 438 g/mol. The highest BCUT2D eigenvalue weighted by Crippen LogP contribution is 2.32. The summed E-state index contributed by atoms with van der Waals surface area (Å²) in [6, 6.07) is 5.96. The molecule has 1 atom stereocenters. The van der Waals surface area contributed by atoms with Crippen molar-refractivity contribution in [3.63, 3.8) is 0 Å². The first-order chi connectivity index (χ1) is 15.2. The van der Waals surface area contributed by atoms with Gasteiger partial charge in [0.15, 0.2) is 5.65 Å². The van der Waals surface area contributed by atoms with E-state index < -0.39 is 11.2 Å². The fourth-order valence-electron chi connectivity index (χ4n) is 4.41. The van der Waals surface area contributed by atoms with Crippen molar-refractivity contribution in [2.24, 2.45) is 0 Å². The second-order valence-corrected chi connectivity index (χ2v) is 8.63. The van der Waals surface area contributed by atoms with Crippen LogP contribution >= 0.6 is 0 Å². The summed E-state index contributed by atoms with van der Waals surface area (Å²) in [6.07, 6.45) is 1.27. The molecular formula is C24H27FN4O3. The molecule has 0 radical (unpaired) electrons. The molecule has 1 amide bonds. The maximum Gasteiger partial charge on any atom is 0.329 e. The van der Waals surface area contributed by atoms with Gasteiger partial charge < -0.3 is 4.90 Å². The Labute approximate surface area is 184 Å². The molecule has 1 unspecified atom stereocenters. The van der Waals surface area contributed by atoms with Crippen LogP contribution in [0.1, 0.15) is 73.3 Å². The number of hydrogen-bond acceptors (Lipinski definition) is 4. The van der Waals surface area contributed by atoms with Crippen LogP contribution in [0.5, 0.6) is 0 Å². The molecule has 1 aromatic carbocycles. The first kappa shape index (κ1) is 21.9. The van der Waals surface area contributed by atoms with Crippen molar-refractivity contribution < 1.29 is 9.18 Å². The molecule has 0 spiro atoms. The summed E-state index contributed by atoms with van der Waals surface area (Å²) in [4.78, 5) is 47.7. The van der Waals surface area contributed by atoms with E-state index in [1.165, 1.54) is 16.7 Å². The molecule has 0 saturated heterocycles. The number of aromatic amines is 1. The number of carbonyl (C=O) groups excluding carboxylic acids is 1. The smallest absolute Gasteiger partial charge is 0.329 e. The Hall–Kier alpha value is -3.29. The number of carbonyl (C=O) groups is 1. The third-order valence-electron chi connectivity index (χ3n) is 6.15. The number of H-pyrrole nitrogens is 1. The number of amides is 1. The van der Waals surface area contributed by atoms with Crippen molar-refractivity contribution >= 4 is 16.9 Å². The van der Waals surface area contributed by atoms with Gasteiger partial charge in [0.1, 0.15) is 5.82 Å². The predicted octanol–water partition coefficient (Wildman–Crippen LogP) is 3.52. The quantitative estimate of drug-likeness (QED) is 0.675. The molecule has 32 heavy (non-hydrogen) atoms. The average Bonchev–Trinajstić information content (AvgIpc) is 2.76. The highest BCUT2D eigenvalue weighted by Gasteiger charge is 2.31. The van der Waals surface area contributed by atoms with Gasteiger partial charge >= 0.3 is 5.69 Å². The number of benzene rings is 1. The van der Waals surface area contributed by atoms with E-state index in [0.29, 0.717) is 31.6 Å². The molecule has 3 aromatic rings. The van der Waals surface area contributed by atoms with Gasteiger partial charge in [-0.1, -0.05) is 26.8 Å². The van der Waals surface area contributed by atoms with Gasteiger partial charge in [-0.3, -0.25) is 19.1 Å². The van der Waals surface area contributed by atoms with Crippen molar-refractivity contribution in [3.05, 3.63) is 73.3 Å².